The van der Waals surface area contributed by atoms with E-state index in [1.165, 1.54) is 29.3 Å². The number of rotatable bonds is 6. The predicted octanol–water partition coefficient (Wildman–Crippen LogP) is 4.72. The molecule has 0 radical (unpaired) electrons. The van der Waals surface area contributed by atoms with E-state index in [-0.39, 0.29) is 12.3 Å². The van der Waals surface area contributed by atoms with Gasteiger partial charge in [-0.2, -0.15) is 0 Å². The van der Waals surface area contributed by atoms with Crippen molar-refractivity contribution in [2.45, 2.75) is 13.0 Å². The number of carbonyl (C=O) groups excluding carboxylic acids is 1. The summed E-state index contributed by atoms with van der Waals surface area (Å²) < 4.78 is 5.80. The van der Waals surface area contributed by atoms with E-state index >= 15 is 0 Å². The number of hydrogen-bond donors (Lipinski definition) is 1. The van der Waals surface area contributed by atoms with E-state index < -0.39 is 10.8 Å². The fraction of sp³-hybridized carbons (Fsp3) is 0.154. The second-order valence-corrected chi connectivity index (χ2v) is 8.08. The molecular weight excluding hydrogens is 432 g/mol. The normalized spacial score (nSPS) is 12.8. The third-order valence-corrected chi connectivity index (χ3v) is 5.82. The topological polar surface area (TPSA) is 97.6 Å². The second-order valence-electron chi connectivity index (χ2n) is 8.08. The van der Waals surface area contributed by atoms with Crippen molar-refractivity contribution < 1.29 is 14.5 Å². The number of anilines is 2. The number of nitro groups is 1. The highest BCUT2D eigenvalue weighted by molar-refractivity contribution is 5.93. The van der Waals surface area contributed by atoms with Crippen LogP contribution >= 0.6 is 0 Å². The minimum Gasteiger partial charge on any atom is -0.481 e. The summed E-state index contributed by atoms with van der Waals surface area (Å²) in [6, 6.07) is 23.8. The van der Waals surface area contributed by atoms with Crippen LogP contribution in [0.3, 0.4) is 0 Å². The van der Waals surface area contributed by atoms with Gasteiger partial charge in [-0.15, -0.1) is 0 Å². The summed E-state index contributed by atoms with van der Waals surface area (Å²) in [5.41, 5.74) is 3.61. The molecule has 4 aromatic rings. The molecule has 0 atom stereocenters. The lowest BCUT2D eigenvalue weighted by atomic mass is 10.00. The lowest BCUT2D eigenvalue weighted by Crippen LogP contribution is -2.30. The van der Waals surface area contributed by atoms with Gasteiger partial charge in [0, 0.05) is 36.3 Å². The van der Waals surface area contributed by atoms with Crippen molar-refractivity contribution in [3.8, 4) is 5.75 Å². The summed E-state index contributed by atoms with van der Waals surface area (Å²) in [6.45, 7) is 1.43. The Morgan fingerprint density at radius 3 is 2.71 bits per heavy atom. The number of para-hydroxylation sites is 1. The maximum Gasteiger partial charge on any atom is 0.271 e. The Morgan fingerprint density at radius 2 is 1.85 bits per heavy atom. The van der Waals surface area contributed by atoms with E-state index in [1.54, 1.807) is 12.1 Å². The van der Waals surface area contributed by atoms with Crippen LogP contribution in [0.2, 0.25) is 0 Å². The molecule has 0 fully saturated rings. The van der Waals surface area contributed by atoms with Crippen molar-refractivity contribution in [2.75, 3.05) is 23.4 Å². The van der Waals surface area contributed by atoms with Crippen molar-refractivity contribution in [1.29, 1.82) is 0 Å². The van der Waals surface area contributed by atoms with Gasteiger partial charge in [0.2, 0.25) is 0 Å². The highest BCUT2D eigenvalue weighted by atomic mass is 16.6. The molecule has 1 aliphatic rings. The standard InChI is InChI=1S/C26H22N4O4/c31-25(27-21-8-4-9-22(15-21)30(32)33)17-34-23-10-3-7-19-11-12-24(28-26(19)23)29-14-13-18-5-1-2-6-20(18)16-29/h1-12,15H,13-14,16-17H2,(H,27,31). The van der Waals surface area contributed by atoms with E-state index in [1.807, 2.05) is 24.3 Å². The number of carbonyl (C=O) groups is 1. The van der Waals surface area contributed by atoms with Crippen molar-refractivity contribution in [1.82, 2.24) is 4.98 Å². The number of non-ortho nitro benzene ring substituents is 1. The first-order valence-electron chi connectivity index (χ1n) is 11.0. The molecule has 3 aromatic carbocycles. The zero-order valence-corrected chi connectivity index (χ0v) is 18.3. The molecule has 170 valence electrons. The molecule has 34 heavy (non-hydrogen) atoms. The van der Waals surface area contributed by atoms with Gasteiger partial charge < -0.3 is 15.0 Å². The van der Waals surface area contributed by atoms with Gasteiger partial charge in [-0.05, 0) is 41.8 Å². The molecule has 0 saturated carbocycles. The van der Waals surface area contributed by atoms with Crippen LogP contribution < -0.4 is 15.0 Å². The summed E-state index contributed by atoms with van der Waals surface area (Å²) >= 11 is 0. The van der Waals surface area contributed by atoms with Crippen molar-refractivity contribution >= 4 is 34.0 Å². The first-order valence-corrected chi connectivity index (χ1v) is 11.0. The summed E-state index contributed by atoms with van der Waals surface area (Å²) in [6.07, 6.45) is 0.964. The van der Waals surface area contributed by atoms with Gasteiger partial charge in [-0.3, -0.25) is 14.9 Å². The maximum absolute atomic E-state index is 12.4. The number of nitrogens with zero attached hydrogens (tertiary/aromatic N) is 3. The fourth-order valence-corrected chi connectivity index (χ4v) is 4.13. The molecule has 1 aliphatic heterocycles. The first kappa shape index (κ1) is 21.4. The van der Waals surface area contributed by atoms with Gasteiger partial charge >= 0.3 is 0 Å². The van der Waals surface area contributed by atoms with E-state index in [0.29, 0.717) is 17.0 Å². The fourth-order valence-electron chi connectivity index (χ4n) is 4.13. The molecule has 0 aliphatic carbocycles. The van der Waals surface area contributed by atoms with Crippen LogP contribution in [0.15, 0.2) is 78.9 Å². The Bertz CT molecular complexity index is 1390. The van der Waals surface area contributed by atoms with Crippen molar-refractivity contribution in [2.24, 2.45) is 0 Å². The van der Waals surface area contributed by atoms with Crippen LogP contribution in [-0.4, -0.2) is 29.0 Å². The number of ether oxygens (including phenoxy) is 1. The smallest absolute Gasteiger partial charge is 0.271 e. The number of benzene rings is 3. The number of fused-ring (bicyclic) bond motifs is 2. The van der Waals surface area contributed by atoms with Crippen LogP contribution in [-0.2, 0) is 17.8 Å². The van der Waals surface area contributed by atoms with Crippen LogP contribution in [0.4, 0.5) is 17.2 Å². The number of nitro benzene ring substituents is 1. The molecule has 1 amide bonds. The minimum absolute atomic E-state index is 0.0927. The first-order chi connectivity index (χ1) is 16.6. The number of nitrogens with one attached hydrogen (secondary N) is 1. The maximum atomic E-state index is 12.4. The monoisotopic (exact) mass is 454 g/mol. The van der Waals surface area contributed by atoms with Crippen molar-refractivity contribution in [3.63, 3.8) is 0 Å². The molecule has 5 rings (SSSR count). The zero-order valence-electron chi connectivity index (χ0n) is 18.3. The Labute approximate surface area is 196 Å². The van der Waals surface area contributed by atoms with Gasteiger partial charge in [0.1, 0.15) is 17.1 Å². The Balaban J connectivity index is 1.31. The zero-order chi connectivity index (χ0) is 23.5. The van der Waals surface area contributed by atoms with Gasteiger partial charge in [-0.25, -0.2) is 4.98 Å². The summed E-state index contributed by atoms with van der Waals surface area (Å²) in [5, 5.41) is 14.5. The van der Waals surface area contributed by atoms with Gasteiger partial charge in [0.15, 0.2) is 6.61 Å². The van der Waals surface area contributed by atoms with Gasteiger partial charge in [0.25, 0.3) is 11.6 Å². The third-order valence-electron chi connectivity index (χ3n) is 5.82. The molecule has 1 aromatic heterocycles. The highest BCUT2D eigenvalue weighted by Gasteiger charge is 2.18. The summed E-state index contributed by atoms with van der Waals surface area (Å²) in [5.74, 6) is 0.950. The average molecular weight is 454 g/mol. The van der Waals surface area contributed by atoms with Crippen LogP contribution in [0.1, 0.15) is 11.1 Å². The highest BCUT2D eigenvalue weighted by Crippen LogP contribution is 2.29. The molecule has 0 spiro atoms. The molecule has 0 bridgehead atoms. The van der Waals surface area contributed by atoms with Crippen molar-refractivity contribution in [3.05, 3.63) is 100 Å². The van der Waals surface area contributed by atoms with E-state index in [9.17, 15) is 14.9 Å². The van der Waals surface area contributed by atoms with E-state index in [2.05, 4.69) is 34.5 Å². The number of hydrogen-bond acceptors (Lipinski definition) is 6. The second kappa shape index (κ2) is 9.19. The largest absolute Gasteiger partial charge is 0.481 e. The molecule has 0 unspecified atom stereocenters. The van der Waals surface area contributed by atoms with Gasteiger partial charge in [0.05, 0.1) is 4.92 Å². The molecular formula is C26H22N4O4. The van der Waals surface area contributed by atoms with Crippen LogP contribution in [0.5, 0.6) is 5.75 Å². The van der Waals surface area contributed by atoms with Crippen LogP contribution in [0.25, 0.3) is 10.9 Å². The third kappa shape index (κ3) is 4.52. The van der Waals surface area contributed by atoms with E-state index in [4.69, 9.17) is 9.72 Å². The Kier molecular flexibility index (Phi) is 5.78. The predicted molar refractivity (Wildman–Crippen MR) is 130 cm³/mol. The Hall–Kier alpha value is -4.46. The Morgan fingerprint density at radius 1 is 1.03 bits per heavy atom. The SMILES string of the molecule is O=C(COc1cccc2ccc(N3CCc4ccccc4C3)nc12)Nc1cccc([N+](=O)[O-])c1. The summed E-state index contributed by atoms with van der Waals surface area (Å²) in [4.78, 5) is 29.9. The number of aromatic nitrogens is 1. The van der Waals surface area contributed by atoms with E-state index in [0.717, 1.165) is 30.7 Å². The molecule has 2 heterocycles. The van der Waals surface area contributed by atoms with Crippen LogP contribution in [0, 0.1) is 10.1 Å². The molecule has 8 nitrogen and oxygen atoms in total. The minimum atomic E-state index is -0.507. The molecule has 8 heteroatoms. The number of pyridine rings is 1. The summed E-state index contributed by atoms with van der Waals surface area (Å²) in [7, 11) is 0. The lowest BCUT2D eigenvalue weighted by molar-refractivity contribution is -0.384. The molecule has 0 saturated heterocycles. The lowest BCUT2D eigenvalue weighted by Gasteiger charge is -2.30. The quantitative estimate of drug-likeness (QED) is 0.334. The molecule has 1 N–H and O–H groups in total. The van der Waals surface area contributed by atoms with Gasteiger partial charge in [-0.1, -0.05) is 42.5 Å². The average Bonchev–Trinajstić information content (AvgIpc) is 2.87. The number of amides is 1.